The standard InChI is InChI=1S/C14H18NO2/c1-2-13(12-6-4-3-5-7-12)14(16)15-8-10-17-11-9-15/h3-7,13H,1-2,8-11H2. The van der Waals surface area contributed by atoms with E-state index in [0.717, 1.165) is 5.56 Å². The fourth-order valence-electron chi connectivity index (χ4n) is 2.12. The molecule has 1 atom stereocenters. The van der Waals surface area contributed by atoms with Crippen LogP contribution in [0.4, 0.5) is 0 Å². The van der Waals surface area contributed by atoms with Gasteiger partial charge < -0.3 is 9.64 Å². The van der Waals surface area contributed by atoms with Crippen molar-refractivity contribution in [2.75, 3.05) is 26.3 Å². The number of amides is 1. The number of carbonyl (C=O) groups is 1. The molecule has 0 saturated carbocycles. The SMILES string of the molecule is [CH2]CC(C(=O)N1CCOCC1)c1ccccc1. The van der Waals surface area contributed by atoms with Gasteiger partial charge in [0.25, 0.3) is 0 Å². The van der Waals surface area contributed by atoms with E-state index in [9.17, 15) is 4.79 Å². The van der Waals surface area contributed by atoms with Gasteiger partial charge in [0, 0.05) is 13.1 Å². The Morgan fingerprint density at radius 2 is 1.94 bits per heavy atom. The summed E-state index contributed by atoms with van der Waals surface area (Å²) in [5.41, 5.74) is 1.05. The smallest absolute Gasteiger partial charge is 0.230 e. The predicted molar refractivity (Wildman–Crippen MR) is 66.6 cm³/mol. The maximum atomic E-state index is 12.4. The average Bonchev–Trinajstić information content (AvgIpc) is 2.42. The molecule has 1 heterocycles. The molecule has 3 nitrogen and oxygen atoms in total. The molecule has 2 rings (SSSR count). The van der Waals surface area contributed by atoms with E-state index in [1.54, 1.807) is 0 Å². The number of morpholine rings is 1. The average molecular weight is 232 g/mol. The second-order valence-electron chi connectivity index (χ2n) is 4.19. The van der Waals surface area contributed by atoms with Crippen LogP contribution in [-0.2, 0) is 9.53 Å². The van der Waals surface area contributed by atoms with E-state index >= 15 is 0 Å². The van der Waals surface area contributed by atoms with E-state index < -0.39 is 0 Å². The van der Waals surface area contributed by atoms with E-state index in [2.05, 4.69) is 6.92 Å². The molecule has 3 heteroatoms. The number of carbonyl (C=O) groups excluding carboxylic acids is 1. The zero-order chi connectivity index (χ0) is 12.1. The molecule has 0 aliphatic carbocycles. The number of nitrogens with zero attached hydrogens (tertiary/aromatic N) is 1. The third-order valence-electron chi connectivity index (χ3n) is 3.11. The second-order valence-corrected chi connectivity index (χ2v) is 4.19. The fraction of sp³-hybridized carbons (Fsp3) is 0.429. The summed E-state index contributed by atoms with van der Waals surface area (Å²) in [6.45, 7) is 6.58. The Kier molecular flexibility index (Phi) is 4.15. The van der Waals surface area contributed by atoms with Crippen molar-refractivity contribution < 1.29 is 9.53 Å². The van der Waals surface area contributed by atoms with Gasteiger partial charge in [-0.1, -0.05) is 37.3 Å². The molecule has 1 aliphatic heterocycles. The van der Waals surface area contributed by atoms with Gasteiger partial charge in [0.1, 0.15) is 0 Å². The van der Waals surface area contributed by atoms with Crippen LogP contribution in [0, 0.1) is 6.92 Å². The van der Waals surface area contributed by atoms with Crippen LogP contribution in [0.25, 0.3) is 0 Å². The summed E-state index contributed by atoms with van der Waals surface area (Å²) >= 11 is 0. The summed E-state index contributed by atoms with van der Waals surface area (Å²) in [6, 6.07) is 9.88. The molecule has 1 unspecified atom stereocenters. The highest BCUT2D eigenvalue weighted by Gasteiger charge is 2.25. The van der Waals surface area contributed by atoms with Crippen LogP contribution in [0.3, 0.4) is 0 Å². The van der Waals surface area contributed by atoms with Crippen LogP contribution in [-0.4, -0.2) is 37.1 Å². The molecular formula is C14H18NO2. The molecule has 1 amide bonds. The van der Waals surface area contributed by atoms with Crippen molar-refractivity contribution >= 4 is 5.91 Å². The number of benzene rings is 1. The lowest BCUT2D eigenvalue weighted by molar-refractivity contribution is -0.136. The molecule has 17 heavy (non-hydrogen) atoms. The van der Waals surface area contributed by atoms with Crippen molar-refractivity contribution in [1.82, 2.24) is 4.90 Å². The van der Waals surface area contributed by atoms with Crippen LogP contribution >= 0.6 is 0 Å². The maximum Gasteiger partial charge on any atom is 0.230 e. The summed E-state index contributed by atoms with van der Waals surface area (Å²) in [4.78, 5) is 14.2. The van der Waals surface area contributed by atoms with Crippen LogP contribution < -0.4 is 0 Å². The first-order valence-corrected chi connectivity index (χ1v) is 6.03. The van der Waals surface area contributed by atoms with Crippen LogP contribution in [0.15, 0.2) is 30.3 Å². The normalized spacial score (nSPS) is 17.8. The van der Waals surface area contributed by atoms with Crippen molar-refractivity contribution in [2.24, 2.45) is 0 Å². The summed E-state index contributed by atoms with van der Waals surface area (Å²) in [7, 11) is 0. The Balaban J connectivity index is 2.10. The van der Waals surface area contributed by atoms with Gasteiger partial charge in [-0.3, -0.25) is 4.79 Å². The molecule has 0 N–H and O–H groups in total. The number of rotatable bonds is 3. The fourth-order valence-corrected chi connectivity index (χ4v) is 2.12. The molecule has 1 aliphatic rings. The Labute approximate surface area is 102 Å². The topological polar surface area (TPSA) is 29.5 Å². The molecule has 1 fully saturated rings. The van der Waals surface area contributed by atoms with Gasteiger partial charge in [-0.2, -0.15) is 0 Å². The van der Waals surface area contributed by atoms with Crippen LogP contribution in [0.5, 0.6) is 0 Å². The molecule has 1 saturated heterocycles. The molecule has 0 spiro atoms. The van der Waals surface area contributed by atoms with Gasteiger partial charge in [0.15, 0.2) is 0 Å². The molecule has 1 aromatic rings. The quantitative estimate of drug-likeness (QED) is 0.796. The first-order valence-electron chi connectivity index (χ1n) is 6.03. The monoisotopic (exact) mass is 232 g/mol. The lowest BCUT2D eigenvalue weighted by atomic mass is 9.95. The second kappa shape index (κ2) is 5.82. The minimum Gasteiger partial charge on any atom is -0.378 e. The first kappa shape index (κ1) is 12.1. The molecule has 0 bridgehead atoms. The van der Waals surface area contributed by atoms with Crippen molar-refractivity contribution in [2.45, 2.75) is 12.3 Å². The Bertz CT molecular complexity index is 358. The van der Waals surface area contributed by atoms with E-state index in [1.807, 2.05) is 35.2 Å². The van der Waals surface area contributed by atoms with Crippen molar-refractivity contribution in [1.29, 1.82) is 0 Å². The summed E-state index contributed by atoms with van der Waals surface area (Å²) in [5, 5.41) is 0. The van der Waals surface area contributed by atoms with Crippen molar-refractivity contribution in [3.05, 3.63) is 42.8 Å². The summed E-state index contributed by atoms with van der Waals surface area (Å²) < 4.78 is 5.26. The predicted octanol–water partition coefficient (Wildman–Crippen LogP) is 1.85. The van der Waals surface area contributed by atoms with Crippen molar-refractivity contribution in [3.8, 4) is 0 Å². The van der Waals surface area contributed by atoms with Crippen LogP contribution in [0.1, 0.15) is 17.9 Å². The number of hydrogen-bond donors (Lipinski definition) is 0. The molecule has 1 radical (unpaired) electrons. The maximum absolute atomic E-state index is 12.4. The van der Waals surface area contributed by atoms with E-state index in [4.69, 9.17) is 4.74 Å². The van der Waals surface area contributed by atoms with E-state index in [0.29, 0.717) is 32.7 Å². The van der Waals surface area contributed by atoms with Gasteiger partial charge in [0.2, 0.25) is 5.91 Å². The Morgan fingerprint density at radius 1 is 1.29 bits per heavy atom. The van der Waals surface area contributed by atoms with Crippen molar-refractivity contribution in [3.63, 3.8) is 0 Å². The number of ether oxygens (including phenoxy) is 1. The minimum absolute atomic E-state index is 0.116. The number of hydrogen-bond acceptors (Lipinski definition) is 2. The highest BCUT2D eigenvalue weighted by atomic mass is 16.5. The molecule has 91 valence electrons. The minimum atomic E-state index is -0.116. The Hall–Kier alpha value is -1.35. The molecule has 0 aromatic heterocycles. The van der Waals surface area contributed by atoms with Crippen LogP contribution in [0.2, 0.25) is 0 Å². The first-order chi connectivity index (χ1) is 8.33. The van der Waals surface area contributed by atoms with Gasteiger partial charge in [-0.15, -0.1) is 0 Å². The summed E-state index contributed by atoms with van der Waals surface area (Å²) in [6.07, 6.45) is 0.597. The van der Waals surface area contributed by atoms with Gasteiger partial charge in [0.05, 0.1) is 19.1 Å². The van der Waals surface area contributed by atoms with Gasteiger partial charge in [-0.05, 0) is 12.0 Å². The van der Waals surface area contributed by atoms with E-state index in [1.165, 1.54) is 0 Å². The highest BCUT2D eigenvalue weighted by Crippen LogP contribution is 2.22. The highest BCUT2D eigenvalue weighted by molar-refractivity contribution is 5.83. The lowest BCUT2D eigenvalue weighted by Gasteiger charge is -2.30. The molecule has 1 aromatic carbocycles. The third-order valence-corrected chi connectivity index (χ3v) is 3.11. The zero-order valence-electron chi connectivity index (χ0n) is 9.97. The lowest BCUT2D eigenvalue weighted by Crippen LogP contribution is -2.43. The summed E-state index contributed by atoms with van der Waals surface area (Å²) in [5.74, 6) is 0.0591. The third kappa shape index (κ3) is 2.86. The molecular weight excluding hydrogens is 214 g/mol. The van der Waals surface area contributed by atoms with Gasteiger partial charge >= 0.3 is 0 Å². The van der Waals surface area contributed by atoms with E-state index in [-0.39, 0.29) is 11.8 Å². The largest absolute Gasteiger partial charge is 0.378 e. The zero-order valence-corrected chi connectivity index (χ0v) is 9.97. The van der Waals surface area contributed by atoms with Gasteiger partial charge in [-0.25, -0.2) is 0 Å². The Morgan fingerprint density at radius 3 is 2.53 bits per heavy atom.